The summed E-state index contributed by atoms with van der Waals surface area (Å²) in [5.74, 6) is -1.71. The van der Waals surface area contributed by atoms with E-state index in [4.69, 9.17) is 16.7 Å². The molecule has 0 fully saturated rings. The van der Waals surface area contributed by atoms with E-state index in [0.29, 0.717) is 6.54 Å². The van der Waals surface area contributed by atoms with Crippen LogP contribution in [0.2, 0.25) is 5.02 Å². The zero-order valence-electron chi connectivity index (χ0n) is 11.2. The molecule has 3 N–H and O–H groups in total. The van der Waals surface area contributed by atoms with Crippen molar-refractivity contribution >= 4 is 34.9 Å². The first kappa shape index (κ1) is 16.7. The van der Waals surface area contributed by atoms with Gasteiger partial charge in [-0.2, -0.15) is 0 Å². The number of anilines is 1. The standard InChI is InChI=1S/C12H14ClN3O5/c1-2-3-14-10(17)6-15-11-8(12(18)19)4-7(16(20)21)5-9(11)13/h4-5,15H,2-3,6H2,1H3,(H,14,17)(H,18,19). The predicted molar refractivity (Wildman–Crippen MR) is 76.9 cm³/mol. The fraction of sp³-hybridized carbons (Fsp3) is 0.333. The molecule has 0 heterocycles. The molecule has 0 aromatic heterocycles. The molecule has 0 spiro atoms. The van der Waals surface area contributed by atoms with E-state index in [-0.39, 0.29) is 28.7 Å². The Kier molecular flexibility index (Phi) is 5.92. The minimum Gasteiger partial charge on any atom is -0.478 e. The minimum absolute atomic E-state index is 0.0265. The van der Waals surface area contributed by atoms with Crippen molar-refractivity contribution in [3.05, 3.63) is 32.8 Å². The number of halogens is 1. The van der Waals surface area contributed by atoms with Crippen molar-refractivity contribution in [2.75, 3.05) is 18.4 Å². The molecule has 1 rings (SSSR count). The van der Waals surface area contributed by atoms with Gasteiger partial charge in [0.05, 0.1) is 27.7 Å². The van der Waals surface area contributed by atoms with Crippen LogP contribution in [0.1, 0.15) is 23.7 Å². The van der Waals surface area contributed by atoms with Gasteiger partial charge in [0.25, 0.3) is 5.69 Å². The number of carboxylic acids is 1. The number of non-ortho nitro benzene ring substituents is 1. The average molecular weight is 316 g/mol. The van der Waals surface area contributed by atoms with Gasteiger partial charge in [-0.15, -0.1) is 0 Å². The third kappa shape index (κ3) is 4.60. The fourth-order valence-corrected chi connectivity index (χ4v) is 1.82. The van der Waals surface area contributed by atoms with E-state index in [9.17, 15) is 19.7 Å². The zero-order valence-corrected chi connectivity index (χ0v) is 11.9. The van der Waals surface area contributed by atoms with Gasteiger partial charge in [0.2, 0.25) is 5.91 Å². The van der Waals surface area contributed by atoms with Gasteiger partial charge in [-0.1, -0.05) is 18.5 Å². The van der Waals surface area contributed by atoms with Crippen molar-refractivity contribution in [3.63, 3.8) is 0 Å². The number of carbonyl (C=O) groups is 2. The highest BCUT2D eigenvalue weighted by atomic mass is 35.5. The van der Waals surface area contributed by atoms with Crippen molar-refractivity contribution in [3.8, 4) is 0 Å². The smallest absolute Gasteiger partial charge is 0.338 e. The van der Waals surface area contributed by atoms with Crippen LogP contribution in [0.4, 0.5) is 11.4 Å². The summed E-state index contributed by atoms with van der Waals surface area (Å²) in [5, 5.41) is 24.8. The first-order valence-electron chi connectivity index (χ1n) is 6.08. The van der Waals surface area contributed by atoms with E-state index in [1.165, 1.54) is 0 Å². The highest BCUT2D eigenvalue weighted by Gasteiger charge is 2.20. The highest BCUT2D eigenvalue weighted by molar-refractivity contribution is 6.34. The Balaban J connectivity index is 2.98. The summed E-state index contributed by atoms with van der Waals surface area (Å²) >= 11 is 5.85. The highest BCUT2D eigenvalue weighted by Crippen LogP contribution is 2.31. The van der Waals surface area contributed by atoms with Crippen LogP contribution in [0.25, 0.3) is 0 Å². The molecule has 0 saturated heterocycles. The minimum atomic E-state index is -1.38. The number of hydrogen-bond acceptors (Lipinski definition) is 5. The molecule has 9 heteroatoms. The van der Waals surface area contributed by atoms with Crippen molar-refractivity contribution < 1.29 is 19.6 Å². The number of benzene rings is 1. The second-order valence-corrected chi connectivity index (χ2v) is 4.52. The van der Waals surface area contributed by atoms with Crippen LogP contribution in [0, 0.1) is 10.1 Å². The lowest BCUT2D eigenvalue weighted by molar-refractivity contribution is -0.384. The lowest BCUT2D eigenvalue weighted by Gasteiger charge is -2.11. The molecule has 8 nitrogen and oxygen atoms in total. The van der Waals surface area contributed by atoms with Crippen LogP contribution in [0.15, 0.2) is 12.1 Å². The van der Waals surface area contributed by atoms with E-state index >= 15 is 0 Å². The Morgan fingerprint density at radius 2 is 2.10 bits per heavy atom. The molecular weight excluding hydrogens is 302 g/mol. The van der Waals surface area contributed by atoms with Crippen molar-refractivity contribution in [2.45, 2.75) is 13.3 Å². The molecule has 0 atom stereocenters. The number of amides is 1. The summed E-state index contributed by atoms with van der Waals surface area (Å²) in [4.78, 5) is 32.6. The normalized spacial score (nSPS) is 10.0. The maximum Gasteiger partial charge on any atom is 0.338 e. The van der Waals surface area contributed by atoms with Crippen LogP contribution in [-0.4, -0.2) is 35.0 Å². The van der Waals surface area contributed by atoms with Crippen LogP contribution >= 0.6 is 11.6 Å². The van der Waals surface area contributed by atoms with E-state index in [2.05, 4.69) is 10.6 Å². The Morgan fingerprint density at radius 1 is 1.43 bits per heavy atom. The molecule has 0 aliphatic heterocycles. The number of nitrogens with one attached hydrogen (secondary N) is 2. The summed E-state index contributed by atoms with van der Waals surface area (Å²) in [6.45, 7) is 2.21. The van der Waals surface area contributed by atoms with Crippen LogP contribution in [0.5, 0.6) is 0 Å². The maximum absolute atomic E-state index is 11.5. The first-order chi connectivity index (χ1) is 9.86. The number of nitrogens with zero attached hydrogens (tertiary/aromatic N) is 1. The Morgan fingerprint density at radius 3 is 2.62 bits per heavy atom. The molecule has 0 aliphatic rings. The van der Waals surface area contributed by atoms with Crippen molar-refractivity contribution in [1.29, 1.82) is 0 Å². The summed E-state index contributed by atoms with van der Waals surface area (Å²) < 4.78 is 0. The number of nitro groups is 1. The number of carbonyl (C=O) groups excluding carboxylic acids is 1. The van der Waals surface area contributed by atoms with Gasteiger partial charge in [-0.25, -0.2) is 4.79 Å². The lowest BCUT2D eigenvalue weighted by atomic mass is 10.1. The second-order valence-electron chi connectivity index (χ2n) is 4.12. The molecule has 0 radical (unpaired) electrons. The molecule has 0 bridgehead atoms. The molecule has 0 aliphatic carbocycles. The number of nitro benzene ring substituents is 1. The SMILES string of the molecule is CCCNC(=O)CNc1c(Cl)cc([N+](=O)[O-])cc1C(=O)O. The summed E-state index contributed by atoms with van der Waals surface area (Å²) in [5.41, 5.74) is -0.822. The molecule has 0 saturated carbocycles. The molecule has 21 heavy (non-hydrogen) atoms. The van der Waals surface area contributed by atoms with Gasteiger partial charge >= 0.3 is 5.97 Å². The molecule has 114 valence electrons. The van der Waals surface area contributed by atoms with Gasteiger partial charge in [0.15, 0.2) is 0 Å². The predicted octanol–water partition coefficient (Wildman–Crippen LogP) is 1.88. The van der Waals surface area contributed by atoms with E-state index in [1.807, 2.05) is 6.92 Å². The molecule has 1 amide bonds. The fourth-order valence-electron chi connectivity index (χ4n) is 1.54. The molecular formula is C12H14ClN3O5. The van der Waals surface area contributed by atoms with E-state index in [1.54, 1.807) is 0 Å². The zero-order chi connectivity index (χ0) is 16.0. The number of carboxylic acid groups (broad SMARTS) is 1. The topological polar surface area (TPSA) is 122 Å². The Labute approximate surface area is 125 Å². The lowest BCUT2D eigenvalue weighted by Crippen LogP contribution is -2.30. The third-order valence-electron chi connectivity index (χ3n) is 2.51. The van der Waals surface area contributed by atoms with Crippen LogP contribution in [0.3, 0.4) is 0 Å². The summed E-state index contributed by atoms with van der Waals surface area (Å²) in [7, 11) is 0. The molecule has 0 unspecified atom stereocenters. The monoisotopic (exact) mass is 315 g/mol. The van der Waals surface area contributed by atoms with Gasteiger partial charge in [0, 0.05) is 18.7 Å². The van der Waals surface area contributed by atoms with E-state index < -0.39 is 16.6 Å². The Bertz CT molecular complexity index is 576. The molecule has 1 aromatic rings. The maximum atomic E-state index is 11.5. The molecule has 1 aromatic carbocycles. The first-order valence-corrected chi connectivity index (χ1v) is 6.46. The van der Waals surface area contributed by atoms with Gasteiger partial charge in [-0.05, 0) is 6.42 Å². The number of rotatable bonds is 7. The summed E-state index contributed by atoms with van der Waals surface area (Å²) in [6.07, 6.45) is 0.768. The second kappa shape index (κ2) is 7.44. The van der Waals surface area contributed by atoms with Gasteiger partial charge < -0.3 is 15.7 Å². The van der Waals surface area contributed by atoms with Gasteiger partial charge in [0.1, 0.15) is 0 Å². The van der Waals surface area contributed by atoms with Crippen LogP contribution in [-0.2, 0) is 4.79 Å². The van der Waals surface area contributed by atoms with Crippen LogP contribution < -0.4 is 10.6 Å². The largest absolute Gasteiger partial charge is 0.478 e. The van der Waals surface area contributed by atoms with Crippen molar-refractivity contribution in [1.82, 2.24) is 5.32 Å². The third-order valence-corrected chi connectivity index (χ3v) is 2.81. The van der Waals surface area contributed by atoms with Gasteiger partial charge in [-0.3, -0.25) is 14.9 Å². The number of aromatic carboxylic acids is 1. The van der Waals surface area contributed by atoms with Crippen molar-refractivity contribution in [2.24, 2.45) is 0 Å². The quantitative estimate of drug-likeness (QED) is 0.521. The average Bonchev–Trinajstić information content (AvgIpc) is 2.42. The van der Waals surface area contributed by atoms with E-state index in [0.717, 1.165) is 18.6 Å². The summed E-state index contributed by atoms with van der Waals surface area (Å²) in [6, 6.07) is 1.92. The number of hydrogen-bond donors (Lipinski definition) is 3. The Hall–Kier alpha value is -2.35.